The van der Waals surface area contributed by atoms with Gasteiger partial charge in [-0.3, -0.25) is 10.2 Å². The minimum atomic E-state index is -0.455. The highest BCUT2D eigenvalue weighted by molar-refractivity contribution is 5.68. The third kappa shape index (κ3) is 2.55. The zero-order valence-electron chi connectivity index (χ0n) is 13.6. The van der Waals surface area contributed by atoms with Gasteiger partial charge in [0.2, 0.25) is 0 Å². The molecular weight excluding hydrogens is 268 g/mol. The van der Waals surface area contributed by atoms with Gasteiger partial charge >= 0.3 is 6.09 Å². The molecule has 0 aromatic rings. The first-order valence-electron chi connectivity index (χ1n) is 8.24. The first-order chi connectivity index (χ1) is 9.86. The highest BCUT2D eigenvalue weighted by atomic mass is 16.6. The Labute approximate surface area is 127 Å². The Morgan fingerprint density at radius 3 is 2.90 bits per heavy atom. The molecule has 21 heavy (non-hydrogen) atoms. The third-order valence-electron chi connectivity index (χ3n) is 5.16. The maximum Gasteiger partial charge on any atom is 0.412 e. The number of nitrogens with one attached hydrogen (secondary N) is 1. The number of amides is 1. The van der Waals surface area contributed by atoms with Crippen molar-refractivity contribution in [3.05, 3.63) is 0 Å². The number of rotatable bonds is 2. The number of nitrogens with zero attached hydrogens (tertiary/aromatic N) is 1. The molecule has 3 aliphatic heterocycles. The van der Waals surface area contributed by atoms with Gasteiger partial charge in [-0.1, -0.05) is 13.3 Å². The molecule has 0 aliphatic carbocycles. The molecule has 3 saturated heterocycles. The highest BCUT2D eigenvalue weighted by Crippen LogP contribution is 2.54. The van der Waals surface area contributed by atoms with Gasteiger partial charge in [0.15, 0.2) is 0 Å². The van der Waals surface area contributed by atoms with E-state index in [-0.39, 0.29) is 24.0 Å². The number of likely N-dealkylation sites (tertiary alicyclic amines) is 1. The van der Waals surface area contributed by atoms with E-state index >= 15 is 0 Å². The standard InChI is InChI=1S/C16H28N2O3/c1-5-6-11-10-17-13-16(11)7-8-18(12(9-16)20-13)14(19)21-15(2,3)4/h11-13,17H,5-10H2,1-4H3. The summed E-state index contributed by atoms with van der Waals surface area (Å²) in [7, 11) is 0. The van der Waals surface area contributed by atoms with Crippen molar-refractivity contribution in [2.24, 2.45) is 11.3 Å². The van der Waals surface area contributed by atoms with Crippen LogP contribution < -0.4 is 5.32 Å². The van der Waals surface area contributed by atoms with Crippen LogP contribution in [0.15, 0.2) is 0 Å². The molecule has 1 spiro atoms. The zero-order valence-corrected chi connectivity index (χ0v) is 13.6. The Morgan fingerprint density at radius 2 is 2.24 bits per heavy atom. The molecule has 3 fully saturated rings. The second kappa shape index (κ2) is 5.13. The summed E-state index contributed by atoms with van der Waals surface area (Å²) in [6.07, 6.45) is 4.18. The van der Waals surface area contributed by atoms with Crippen LogP contribution >= 0.6 is 0 Å². The van der Waals surface area contributed by atoms with E-state index in [1.807, 2.05) is 20.8 Å². The molecule has 1 N–H and O–H groups in total. The molecule has 4 unspecified atom stereocenters. The smallest absolute Gasteiger partial charge is 0.412 e. The van der Waals surface area contributed by atoms with Gasteiger partial charge in [-0.25, -0.2) is 4.79 Å². The number of carbonyl (C=O) groups excluding carboxylic acids is 1. The molecule has 0 aromatic carbocycles. The van der Waals surface area contributed by atoms with Crippen LogP contribution in [0.25, 0.3) is 0 Å². The topological polar surface area (TPSA) is 50.8 Å². The van der Waals surface area contributed by atoms with E-state index in [1.165, 1.54) is 12.8 Å². The molecule has 3 rings (SSSR count). The Morgan fingerprint density at radius 1 is 1.48 bits per heavy atom. The monoisotopic (exact) mass is 296 g/mol. The molecule has 3 heterocycles. The van der Waals surface area contributed by atoms with E-state index in [2.05, 4.69) is 12.2 Å². The average molecular weight is 296 g/mol. The molecule has 0 radical (unpaired) electrons. The van der Waals surface area contributed by atoms with Gasteiger partial charge in [0.05, 0.1) is 0 Å². The Bertz CT molecular complexity index is 418. The van der Waals surface area contributed by atoms with Crippen molar-refractivity contribution in [3.8, 4) is 0 Å². The van der Waals surface area contributed by atoms with Crippen LogP contribution in [0.1, 0.15) is 53.4 Å². The van der Waals surface area contributed by atoms with Crippen LogP contribution in [0.5, 0.6) is 0 Å². The van der Waals surface area contributed by atoms with Crippen molar-refractivity contribution in [2.45, 2.75) is 71.4 Å². The fourth-order valence-electron chi connectivity index (χ4n) is 4.22. The van der Waals surface area contributed by atoms with Gasteiger partial charge in [0.25, 0.3) is 0 Å². The van der Waals surface area contributed by atoms with Crippen molar-refractivity contribution >= 4 is 6.09 Å². The molecule has 0 aromatic heterocycles. The Balaban J connectivity index is 1.70. The first-order valence-corrected chi connectivity index (χ1v) is 8.24. The summed E-state index contributed by atoms with van der Waals surface area (Å²) in [6, 6.07) is 0. The minimum Gasteiger partial charge on any atom is -0.444 e. The van der Waals surface area contributed by atoms with Gasteiger partial charge in [0.1, 0.15) is 18.1 Å². The van der Waals surface area contributed by atoms with Gasteiger partial charge in [-0.15, -0.1) is 0 Å². The van der Waals surface area contributed by atoms with Crippen LogP contribution in [0.3, 0.4) is 0 Å². The van der Waals surface area contributed by atoms with Crippen LogP contribution in [-0.2, 0) is 9.47 Å². The summed E-state index contributed by atoms with van der Waals surface area (Å²) >= 11 is 0. The minimum absolute atomic E-state index is 0.117. The number of ether oxygens (including phenoxy) is 2. The SMILES string of the molecule is CCCC1CNC2OC3CC12CCN3C(=O)OC(C)(C)C. The van der Waals surface area contributed by atoms with Gasteiger partial charge in [-0.05, 0) is 39.5 Å². The molecule has 2 bridgehead atoms. The van der Waals surface area contributed by atoms with E-state index < -0.39 is 5.60 Å². The second-order valence-corrected chi connectivity index (χ2v) is 7.73. The molecule has 3 aliphatic rings. The van der Waals surface area contributed by atoms with Crippen LogP contribution in [0.4, 0.5) is 4.79 Å². The predicted octanol–water partition coefficient (Wildman–Crippen LogP) is 2.71. The second-order valence-electron chi connectivity index (χ2n) is 7.73. The lowest BCUT2D eigenvalue weighted by Gasteiger charge is -2.40. The van der Waals surface area contributed by atoms with Crippen molar-refractivity contribution in [2.75, 3.05) is 13.1 Å². The summed E-state index contributed by atoms with van der Waals surface area (Å²) in [5.74, 6) is 0.679. The average Bonchev–Trinajstić information content (AvgIpc) is 2.81. The first kappa shape index (κ1) is 15.1. The van der Waals surface area contributed by atoms with Gasteiger partial charge < -0.3 is 9.47 Å². The van der Waals surface area contributed by atoms with Crippen LogP contribution in [0.2, 0.25) is 0 Å². The maximum absolute atomic E-state index is 12.3. The lowest BCUT2D eigenvalue weighted by Crippen LogP contribution is -2.49. The fourth-order valence-corrected chi connectivity index (χ4v) is 4.22. The number of fused-ring (bicyclic) bond motifs is 1. The third-order valence-corrected chi connectivity index (χ3v) is 5.16. The summed E-state index contributed by atoms with van der Waals surface area (Å²) in [5, 5.41) is 3.52. The fraction of sp³-hybridized carbons (Fsp3) is 0.938. The summed E-state index contributed by atoms with van der Waals surface area (Å²) < 4.78 is 11.6. The van der Waals surface area contributed by atoms with Crippen molar-refractivity contribution < 1.29 is 14.3 Å². The lowest BCUT2D eigenvalue weighted by atomic mass is 9.69. The summed E-state index contributed by atoms with van der Waals surface area (Å²) in [6.45, 7) is 9.75. The Kier molecular flexibility index (Phi) is 3.69. The zero-order chi connectivity index (χ0) is 15.3. The van der Waals surface area contributed by atoms with Crippen molar-refractivity contribution in [3.63, 3.8) is 0 Å². The molecule has 1 amide bonds. The van der Waals surface area contributed by atoms with E-state index in [1.54, 1.807) is 4.90 Å². The predicted molar refractivity (Wildman–Crippen MR) is 79.7 cm³/mol. The van der Waals surface area contributed by atoms with E-state index in [4.69, 9.17) is 9.47 Å². The molecule has 0 saturated carbocycles. The number of hydrogen-bond acceptors (Lipinski definition) is 4. The van der Waals surface area contributed by atoms with E-state index in [9.17, 15) is 4.79 Å². The molecule has 4 atom stereocenters. The maximum atomic E-state index is 12.3. The molecule has 120 valence electrons. The van der Waals surface area contributed by atoms with Gasteiger partial charge in [0, 0.05) is 24.9 Å². The quantitative estimate of drug-likeness (QED) is 0.851. The van der Waals surface area contributed by atoms with Crippen molar-refractivity contribution in [1.29, 1.82) is 0 Å². The van der Waals surface area contributed by atoms with Crippen LogP contribution in [-0.4, -0.2) is 42.1 Å². The lowest BCUT2D eigenvalue weighted by molar-refractivity contribution is -0.0629. The molecular formula is C16H28N2O3. The summed E-state index contributed by atoms with van der Waals surface area (Å²) in [4.78, 5) is 14.1. The number of hydrogen-bond donors (Lipinski definition) is 1. The van der Waals surface area contributed by atoms with E-state index in [0.29, 0.717) is 5.92 Å². The molecule has 5 heteroatoms. The van der Waals surface area contributed by atoms with Crippen LogP contribution in [0, 0.1) is 11.3 Å². The van der Waals surface area contributed by atoms with E-state index in [0.717, 1.165) is 25.9 Å². The summed E-state index contributed by atoms with van der Waals surface area (Å²) in [5.41, 5.74) is -0.219. The highest BCUT2D eigenvalue weighted by Gasteiger charge is 2.60. The number of carbonyl (C=O) groups is 1. The molecule has 5 nitrogen and oxygen atoms in total. The van der Waals surface area contributed by atoms with Crippen molar-refractivity contribution in [1.82, 2.24) is 10.2 Å². The number of piperidine rings is 1. The Hall–Kier alpha value is -0.810. The normalized spacial score (nSPS) is 38.5. The largest absolute Gasteiger partial charge is 0.444 e. The van der Waals surface area contributed by atoms with Gasteiger partial charge in [-0.2, -0.15) is 0 Å².